The maximum Gasteiger partial charge on any atom is 0.341 e. The van der Waals surface area contributed by atoms with E-state index in [-0.39, 0.29) is 16.3 Å². The van der Waals surface area contributed by atoms with Crippen LogP contribution in [0.1, 0.15) is 20.7 Å². The summed E-state index contributed by atoms with van der Waals surface area (Å²) in [6, 6.07) is 7.34. The summed E-state index contributed by atoms with van der Waals surface area (Å²) in [5.41, 5.74) is 0.402. The van der Waals surface area contributed by atoms with Crippen molar-refractivity contribution in [2.45, 2.75) is 0 Å². The van der Waals surface area contributed by atoms with Gasteiger partial charge in [0.05, 0.1) is 25.9 Å². The minimum atomic E-state index is -0.722. The molecule has 0 bridgehead atoms. The molecule has 0 unspecified atom stereocenters. The van der Waals surface area contributed by atoms with Gasteiger partial charge >= 0.3 is 11.9 Å². The van der Waals surface area contributed by atoms with Gasteiger partial charge in [0.15, 0.2) is 0 Å². The first-order chi connectivity index (χ1) is 10.6. The molecule has 6 nitrogen and oxygen atoms in total. The Morgan fingerprint density at radius 2 is 1.73 bits per heavy atom. The summed E-state index contributed by atoms with van der Waals surface area (Å²) in [7, 11) is 2.45. The molecule has 0 aliphatic rings. The van der Waals surface area contributed by atoms with Gasteiger partial charge in [0, 0.05) is 10.8 Å². The molecule has 0 spiro atoms. The molecule has 2 heterocycles. The summed E-state index contributed by atoms with van der Waals surface area (Å²) >= 11 is 6.23. The van der Waals surface area contributed by atoms with Gasteiger partial charge in [0.2, 0.25) is 0 Å². The van der Waals surface area contributed by atoms with Crippen molar-refractivity contribution in [1.29, 1.82) is 0 Å². The van der Waals surface area contributed by atoms with E-state index in [9.17, 15) is 9.59 Å². The minimum Gasteiger partial charge on any atom is -0.465 e. The van der Waals surface area contributed by atoms with Crippen molar-refractivity contribution >= 4 is 39.8 Å². The van der Waals surface area contributed by atoms with Crippen LogP contribution in [0.15, 0.2) is 30.5 Å². The van der Waals surface area contributed by atoms with Gasteiger partial charge in [0.1, 0.15) is 16.3 Å². The van der Waals surface area contributed by atoms with E-state index < -0.39 is 11.9 Å². The second-order valence-electron chi connectivity index (χ2n) is 4.52. The molecule has 0 saturated carbocycles. The van der Waals surface area contributed by atoms with Crippen LogP contribution < -0.4 is 0 Å². The SMILES string of the molecule is COC(=O)c1c(C(=O)OC)c2c3ccccc3cnn2c1Cl. The fourth-order valence-corrected chi connectivity index (χ4v) is 2.72. The van der Waals surface area contributed by atoms with Gasteiger partial charge in [-0.3, -0.25) is 0 Å². The lowest BCUT2D eigenvalue weighted by Gasteiger charge is -2.03. The summed E-state index contributed by atoms with van der Waals surface area (Å²) in [5.74, 6) is -1.40. The van der Waals surface area contributed by atoms with Crippen molar-refractivity contribution < 1.29 is 19.1 Å². The highest BCUT2D eigenvalue weighted by atomic mass is 35.5. The molecule has 0 N–H and O–H groups in total. The number of carbonyl (C=O) groups is 2. The van der Waals surface area contributed by atoms with Crippen LogP contribution in [-0.4, -0.2) is 35.8 Å². The van der Waals surface area contributed by atoms with Crippen LogP contribution in [0, 0.1) is 0 Å². The Kier molecular flexibility index (Phi) is 3.46. The highest BCUT2D eigenvalue weighted by Crippen LogP contribution is 2.32. The van der Waals surface area contributed by atoms with Crippen LogP contribution in [0.4, 0.5) is 0 Å². The van der Waals surface area contributed by atoms with Gasteiger partial charge in [-0.2, -0.15) is 5.10 Å². The van der Waals surface area contributed by atoms with Crippen LogP contribution in [-0.2, 0) is 9.47 Å². The van der Waals surface area contributed by atoms with Crippen LogP contribution >= 0.6 is 11.6 Å². The van der Waals surface area contributed by atoms with Crippen molar-refractivity contribution in [1.82, 2.24) is 9.61 Å². The molecule has 0 fully saturated rings. The van der Waals surface area contributed by atoms with E-state index in [0.717, 1.165) is 10.8 Å². The van der Waals surface area contributed by atoms with Crippen LogP contribution in [0.2, 0.25) is 5.15 Å². The summed E-state index contributed by atoms with van der Waals surface area (Å²) in [6.45, 7) is 0. The standard InChI is InChI=1S/C15H11ClN2O4/c1-21-14(19)10-11(15(20)22-2)13(16)18-12(10)9-6-4-3-5-8(9)7-17-18/h3-7H,1-2H3. The maximum atomic E-state index is 12.2. The Balaban J connectivity index is 2.55. The van der Waals surface area contributed by atoms with Crippen molar-refractivity contribution in [3.8, 4) is 0 Å². The summed E-state index contributed by atoms with van der Waals surface area (Å²) in [6.07, 6.45) is 1.61. The molecule has 0 atom stereocenters. The molecule has 0 aliphatic heterocycles. The maximum absolute atomic E-state index is 12.2. The number of rotatable bonds is 2. The first-order valence-electron chi connectivity index (χ1n) is 6.34. The first-order valence-corrected chi connectivity index (χ1v) is 6.72. The number of halogens is 1. The normalized spacial score (nSPS) is 10.9. The molecule has 1 aromatic carbocycles. The number of ether oxygens (including phenoxy) is 2. The van der Waals surface area contributed by atoms with E-state index in [4.69, 9.17) is 21.1 Å². The highest BCUT2D eigenvalue weighted by molar-refractivity contribution is 6.35. The predicted molar refractivity (Wildman–Crippen MR) is 80.4 cm³/mol. The molecular formula is C15H11ClN2O4. The van der Waals surface area contributed by atoms with Gasteiger partial charge < -0.3 is 9.47 Å². The number of hydrogen-bond acceptors (Lipinski definition) is 5. The molecule has 2 aromatic heterocycles. The fraction of sp³-hybridized carbons (Fsp3) is 0.133. The lowest BCUT2D eigenvalue weighted by atomic mass is 10.1. The largest absolute Gasteiger partial charge is 0.465 e. The number of fused-ring (bicyclic) bond motifs is 3. The number of carbonyl (C=O) groups excluding carboxylic acids is 2. The van der Waals surface area contributed by atoms with E-state index in [1.165, 1.54) is 18.7 Å². The number of esters is 2. The summed E-state index contributed by atoms with van der Waals surface area (Å²) in [4.78, 5) is 24.2. The average Bonchev–Trinajstić information content (AvgIpc) is 2.86. The van der Waals surface area contributed by atoms with Crippen LogP contribution in [0.5, 0.6) is 0 Å². The number of hydrogen-bond donors (Lipinski definition) is 0. The van der Waals surface area contributed by atoms with E-state index in [0.29, 0.717) is 5.52 Å². The molecular weight excluding hydrogens is 308 g/mol. The zero-order valence-electron chi connectivity index (χ0n) is 11.8. The summed E-state index contributed by atoms with van der Waals surface area (Å²) in [5, 5.41) is 5.74. The van der Waals surface area contributed by atoms with Gasteiger partial charge in [-0.05, 0) is 0 Å². The number of benzene rings is 1. The molecule has 3 aromatic rings. The monoisotopic (exact) mass is 318 g/mol. The third-order valence-electron chi connectivity index (χ3n) is 3.40. The lowest BCUT2D eigenvalue weighted by Crippen LogP contribution is -2.10. The molecule has 0 aliphatic carbocycles. The Morgan fingerprint density at radius 1 is 1.09 bits per heavy atom. The van der Waals surface area contributed by atoms with E-state index in [1.54, 1.807) is 6.20 Å². The second-order valence-corrected chi connectivity index (χ2v) is 4.87. The summed E-state index contributed by atoms with van der Waals surface area (Å²) < 4.78 is 10.9. The predicted octanol–water partition coefficient (Wildman–Crippen LogP) is 2.71. The molecule has 0 amide bonds. The fourth-order valence-electron chi connectivity index (χ4n) is 2.42. The molecule has 0 saturated heterocycles. The van der Waals surface area contributed by atoms with E-state index in [2.05, 4.69) is 5.10 Å². The van der Waals surface area contributed by atoms with Crippen molar-refractivity contribution in [2.75, 3.05) is 14.2 Å². The Bertz CT molecular complexity index is 917. The minimum absolute atomic E-state index is 0.00741. The third kappa shape index (κ3) is 1.92. The lowest BCUT2D eigenvalue weighted by molar-refractivity contribution is 0.0558. The molecule has 0 radical (unpaired) electrons. The highest BCUT2D eigenvalue weighted by Gasteiger charge is 2.30. The van der Waals surface area contributed by atoms with Gasteiger partial charge in [-0.15, -0.1) is 0 Å². The van der Waals surface area contributed by atoms with E-state index >= 15 is 0 Å². The quantitative estimate of drug-likeness (QED) is 0.679. The molecule has 22 heavy (non-hydrogen) atoms. The van der Waals surface area contributed by atoms with Crippen molar-refractivity contribution in [3.05, 3.63) is 46.7 Å². The van der Waals surface area contributed by atoms with E-state index in [1.807, 2.05) is 24.3 Å². The third-order valence-corrected chi connectivity index (χ3v) is 3.75. The zero-order valence-corrected chi connectivity index (χ0v) is 12.5. The smallest absolute Gasteiger partial charge is 0.341 e. The molecule has 7 heteroatoms. The second kappa shape index (κ2) is 5.31. The number of nitrogens with zero attached hydrogens (tertiary/aromatic N) is 2. The van der Waals surface area contributed by atoms with Crippen molar-refractivity contribution in [2.24, 2.45) is 0 Å². The average molecular weight is 319 g/mol. The first kappa shape index (κ1) is 14.3. The van der Waals surface area contributed by atoms with Gasteiger partial charge in [-0.1, -0.05) is 35.9 Å². The molecule has 3 rings (SSSR count). The Hall–Kier alpha value is -2.60. The number of methoxy groups -OCH3 is 2. The topological polar surface area (TPSA) is 69.9 Å². The zero-order chi connectivity index (χ0) is 15.9. The van der Waals surface area contributed by atoms with Gasteiger partial charge in [0.25, 0.3) is 0 Å². The number of aromatic nitrogens is 2. The molecule has 112 valence electrons. The Morgan fingerprint density at radius 3 is 2.41 bits per heavy atom. The van der Waals surface area contributed by atoms with Crippen LogP contribution in [0.25, 0.3) is 16.3 Å². The van der Waals surface area contributed by atoms with Gasteiger partial charge in [-0.25, -0.2) is 14.1 Å². The van der Waals surface area contributed by atoms with Crippen molar-refractivity contribution in [3.63, 3.8) is 0 Å². The van der Waals surface area contributed by atoms with Crippen LogP contribution in [0.3, 0.4) is 0 Å². The Labute approximate surface area is 130 Å².